The van der Waals surface area contributed by atoms with Crippen molar-refractivity contribution in [2.24, 2.45) is 0 Å². The van der Waals surface area contributed by atoms with Gasteiger partial charge in [-0.15, -0.1) is 0 Å². The molecule has 0 spiro atoms. The van der Waals surface area contributed by atoms with E-state index in [0.29, 0.717) is 5.82 Å². The van der Waals surface area contributed by atoms with Crippen molar-refractivity contribution in [1.82, 2.24) is 4.98 Å². The van der Waals surface area contributed by atoms with Gasteiger partial charge in [-0.1, -0.05) is 30.3 Å². The number of hydrogen-bond acceptors (Lipinski definition) is 6. The van der Waals surface area contributed by atoms with Gasteiger partial charge in [0.15, 0.2) is 0 Å². The van der Waals surface area contributed by atoms with Gasteiger partial charge in [0.1, 0.15) is 5.82 Å². The highest BCUT2D eigenvalue weighted by Crippen LogP contribution is 2.27. The predicted molar refractivity (Wildman–Crippen MR) is 80.3 cm³/mol. The number of hydrogen-bond donors (Lipinski definition) is 3. The van der Waals surface area contributed by atoms with Crippen LogP contribution < -0.4 is 10.6 Å². The predicted octanol–water partition coefficient (Wildman–Crippen LogP) is 2.18. The van der Waals surface area contributed by atoms with Gasteiger partial charge in [-0.05, 0) is 11.6 Å². The Bertz CT molecular complexity index is 619. The molecule has 0 fully saturated rings. The Hall–Kier alpha value is -2.67. The lowest BCUT2D eigenvalue weighted by molar-refractivity contribution is -0.384. The van der Waals surface area contributed by atoms with Crippen molar-refractivity contribution in [2.75, 3.05) is 24.3 Å². The molecule has 21 heavy (non-hydrogen) atoms. The zero-order chi connectivity index (χ0) is 15.2. The zero-order valence-electron chi connectivity index (χ0n) is 11.5. The van der Waals surface area contributed by atoms with E-state index in [1.807, 2.05) is 30.3 Å². The molecule has 0 aliphatic heterocycles. The summed E-state index contributed by atoms with van der Waals surface area (Å²) >= 11 is 0. The first-order valence-corrected chi connectivity index (χ1v) is 6.41. The quantitative estimate of drug-likeness (QED) is 0.556. The largest absolute Gasteiger partial charge is 0.394 e. The maximum Gasteiger partial charge on any atom is 0.311 e. The molecule has 110 valence electrons. The summed E-state index contributed by atoms with van der Waals surface area (Å²) in [5.74, 6) is 0.627. The van der Waals surface area contributed by atoms with Crippen molar-refractivity contribution in [1.29, 1.82) is 0 Å². The van der Waals surface area contributed by atoms with E-state index in [0.717, 1.165) is 5.56 Å². The number of aromatic nitrogens is 1. The Morgan fingerprint density at radius 3 is 2.57 bits per heavy atom. The van der Waals surface area contributed by atoms with Crippen LogP contribution in [0, 0.1) is 10.1 Å². The molecule has 3 N–H and O–H groups in total. The molecule has 0 aliphatic rings. The van der Waals surface area contributed by atoms with E-state index in [4.69, 9.17) is 0 Å². The lowest BCUT2D eigenvalue weighted by Gasteiger charge is -2.17. The third-order valence-electron chi connectivity index (χ3n) is 3.02. The smallest absolute Gasteiger partial charge is 0.311 e. The van der Waals surface area contributed by atoms with Gasteiger partial charge >= 0.3 is 5.69 Å². The molecule has 0 saturated carbocycles. The highest BCUT2D eigenvalue weighted by atomic mass is 16.6. The van der Waals surface area contributed by atoms with Crippen LogP contribution in [0.15, 0.2) is 42.5 Å². The standard InChI is InChI=1S/C14H16N4O3/c1-15-13-8-7-12(18(20)21)14(17-13)16-11(9-19)10-5-3-2-4-6-10/h2-8,11,19H,9H2,1H3,(H2,15,16,17). The minimum Gasteiger partial charge on any atom is -0.394 e. The highest BCUT2D eigenvalue weighted by Gasteiger charge is 2.19. The second kappa shape index (κ2) is 6.67. The molecule has 0 amide bonds. The number of rotatable bonds is 6. The Kier molecular flexibility index (Phi) is 4.68. The first kappa shape index (κ1) is 14.7. The fourth-order valence-corrected chi connectivity index (χ4v) is 1.93. The number of anilines is 2. The first-order chi connectivity index (χ1) is 10.2. The van der Waals surface area contributed by atoms with E-state index in [2.05, 4.69) is 15.6 Å². The summed E-state index contributed by atoms with van der Waals surface area (Å²) in [4.78, 5) is 14.7. The van der Waals surface area contributed by atoms with Gasteiger partial charge in [-0.3, -0.25) is 10.1 Å². The second-order valence-electron chi connectivity index (χ2n) is 4.36. The van der Waals surface area contributed by atoms with E-state index in [1.165, 1.54) is 12.1 Å². The Balaban J connectivity index is 2.34. The van der Waals surface area contributed by atoms with Crippen LogP contribution in [0.1, 0.15) is 11.6 Å². The van der Waals surface area contributed by atoms with E-state index in [9.17, 15) is 15.2 Å². The Morgan fingerprint density at radius 1 is 1.29 bits per heavy atom. The Morgan fingerprint density at radius 2 is 2.00 bits per heavy atom. The maximum atomic E-state index is 11.1. The molecule has 7 heteroatoms. The molecule has 1 atom stereocenters. The summed E-state index contributed by atoms with van der Waals surface area (Å²) in [6.45, 7) is -0.202. The van der Waals surface area contributed by atoms with Crippen molar-refractivity contribution >= 4 is 17.3 Å². The van der Waals surface area contributed by atoms with E-state index < -0.39 is 11.0 Å². The fourth-order valence-electron chi connectivity index (χ4n) is 1.93. The van der Waals surface area contributed by atoms with Gasteiger partial charge in [-0.2, -0.15) is 0 Å². The first-order valence-electron chi connectivity index (χ1n) is 6.41. The van der Waals surface area contributed by atoms with Crippen molar-refractivity contribution in [3.63, 3.8) is 0 Å². The van der Waals surface area contributed by atoms with Gasteiger partial charge in [0, 0.05) is 13.1 Å². The summed E-state index contributed by atoms with van der Waals surface area (Å²) in [6.07, 6.45) is 0. The molecule has 0 aliphatic carbocycles. The third kappa shape index (κ3) is 3.46. The number of nitrogens with zero attached hydrogens (tertiary/aromatic N) is 2. The van der Waals surface area contributed by atoms with Crippen LogP contribution >= 0.6 is 0 Å². The molecule has 2 rings (SSSR count). The van der Waals surface area contributed by atoms with Gasteiger partial charge in [0.25, 0.3) is 0 Å². The van der Waals surface area contributed by atoms with Gasteiger partial charge in [0.2, 0.25) is 5.82 Å². The molecule has 1 heterocycles. The number of nitro groups is 1. The average molecular weight is 288 g/mol. The van der Waals surface area contributed by atoms with Crippen LogP contribution in [0.3, 0.4) is 0 Å². The third-order valence-corrected chi connectivity index (χ3v) is 3.02. The maximum absolute atomic E-state index is 11.1. The lowest BCUT2D eigenvalue weighted by atomic mass is 10.1. The van der Waals surface area contributed by atoms with E-state index >= 15 is 0 Å². The minimum atomic E-state index is -0.506. The molecular weight excluding hydrogens is 272 g/mol. The Labute approximate surface area is 121 Å². The molecular formula is C14H16N4O3. The molecule has 0 bridgehead atoms. The van der Waals surface area contributed by atoms with Gasteiger partial charge in [0.05, 0.1) is 17.6 Å². The van der Waals surface area contributed by atoms with E-state index in [1.54, 1.807) is 7.05 Å². The molecule has 0 saturated heterocycles. The number of pyridine rings is 1. The number of aliphatic hydroxyl groups excluding tert-OH is 1. The molecule has 0 radical (unpaired) electrons. The number of benzene rings is 1. The second-order valence-corrected chi connectivity index (χ2v) is 4.36. The van der Waals surface area contributed by atoms with Crippen molar-refractivity contribution in [3.05, 3.63) is 58.1 Å². The summed E-state index contributed by atoms with van der Waals surface area (Å²) < 4.78 is 0. The normalized spacial score (nSPS) is 11.7. The topological polar surface area (TPSA) is 100 Å². The fraction of sp³-hybridized carbons (Fsp3) is 0.214. The number of aliphatic hydroxyl groups is 1. The van der Waals surface area contributed by atoms with Crippen LogP contribution in [0.5, 0.6) is 0 Å². The van der Waals surface area contributed by atoms with Gasteiger partial charge in [-0.25, -0.2) is 4.98 Å². The average Bonchev–Trinajstić information content (AvgIpc) is 2.53. The van der Waals surface area contributed by atoms with Crippen LogP contribution in [0.4, 0.5) is 17.3 Å². The van der Waals surface area contributed by atoms with Crippen LogP contribution in [0.25, 0.3) is 0 Å². The van der Waals surface area contributed by atoms with Crippen LogP contribution in [0.2, 0.25) is 0 Å². The van der Waals surface area contributed by atoms with Crippen molar-refractivity contribution < 1.29 is 10.0 Å². The van der Waals surface area contributed by atoms with Crippen LogP contribution in [-0.2, 0) is 0 Å². The highest BCUT2D eigenvalue weighted by molar-refractivity contribution is 5.61. The summed E-state index contributed by atoms with van der Waals surface area (Å²) in [6, 6.07) is 11.6. The molecule has 1 aromatic carbocycles. The van der Waals surface area contributed by atoms with Gasteiger partial charge < -0.3 is 15.7 Å². The summed E-state index contributed by atoms with van der Waals surface area (Å²) in [7, 11) is 1.68. The number of nitrogens with one attached hydrogen (secondary N) is 2. The van der Waals surface area contributed by atoms with Crippen molar-refractivity contribution in [2.45, 2.75) is 6.04 Å². The summed E-state index contributed by atoms with van der Waals surface area (Å²) in [5.41, 5.74) is 0.689. The molecule has 7 nitrogen and oxygen atoms in total. The monoisotopic (exact) mass is 288 g/mol. The zero-order valence-corrected chi connectivity index (χ0v) is 11.5. The van der Waals surface area contributed by atoms with Crippen LogP contribution in [-0.4, -0.2) is 28.7 Å². The van der Waals surface area contributed by atoms with Crippen molar-refractivity contribution in [3.8, 4) is 0 Å². The molecule has 1 unspecified atom stereocenters. The molecule has 1 aromatic heterocycles. The minimum absolute atomic E-state index is 0.120. The SMILES string of the molecule is CNc1ccc([N+](=O)[O-])c(NC(CO)c2ccccc2)n1. The lowest BCUT2D eigenvalue weighted by Crippen LogP contribution is -2.17. The molecule has 2 aromatic rings. The van der Waals surface area contributed by atoms with E-state index in [-0.39, 0.29) is 18.1 Å². The summed E-state index contributed by atoms with van der Waals surface area (Å²) in [5, 5.41) is 26.3.